The van der Waals surface area contributed by atoms with Gasteiger partial charge in [0, 0.05) is 43.0 Å². The van der Waals surface area contributed by atoms with Crippen LogP contribution in [0.15, 0.2) is 36.8 Å². The van der Waals surface area contributed by atoms with Crippen LogP contribution in [0.3, 0.4) is 0 Å². The van der Waals surface area contributed by atoms with Crippen molar-refractivity contribution < 1.29 is 9.59 Å². The lowest BCUT2D eigenvalue weighted by Gasteiger charge is -2.21. The van der Waals surface area contributed by atoms with Gasteiger partial charge in [0.2, 0.25) is 5.91 Å². The summed E-state index contributed by atoms with van der Waals surface area (Å²) in [7, 11) is 0. The third kappa shape index (κ3) is 3.00. The minimum atomic E-state index is -0.117. The molecular weight excluding hydrogens is 392 g/mol. The molecule has 158 valence electrons. The lowest BCUT2D eigenvalue weighted by atomic mass is 9.87. The smallest absolute Gasteiger partial charge is 0.223 e. The Morgan fingerprint density at radius 1 is 1.23 bits per heavy atom. The maximum Gasteiger partial charge on any atom is 0.223 e. The Kier molecular flexibility index (Phi) is 4.26. The molecule has 2 unspecified atom stereocenters. The molecule has 0 saturated heterocycles. The number of para-hydroxylation sites is 1. The Bertz CT molecular complexity index is 1170. The number of hydrogen-bond acceptors (Lipinski definition) is 6. The number of rotatable bonds is 5. The van der Waals surface area contributed by atoms with E-state index in [9.17, 15) is 9.59 Å². The van der Waals surface area contributed by atoms with Gasteiger partial charge in [-0.2, -0.15) is 5.10 Å². The molecule has 2 N–H and O–H groups in total. The van der Waals surface area contributed by atoms with Crippen LogP contribution in [-0.4, -0.2) is 44.9 Å². The molecule has 4 atom stereocenters. The van der Waals surface area contributed by atoms with E-state index in [1.807, 2.05) is 6.07 Å². The minimum Gasteiger partial charge on any atom is -0.356 e. The summed E-state index contributed by atoms with van der Waals surface area (Å²) < 4.78 is 0. The molecule has 3 aliphatic rings. The quantitative estimate of drug-likeness (QED) is 0.663. The second kappa shape index (κ2) is 7.14. The number of hydrogen-bond donors (Lipinski definition) is 2. The molecule has 2 aliphatic carbocycles. The molecule has 6 rings (SSSR count). The van der Waals surface area contributed by atoms with Crippen LogP contribution < -0.4 is 10.2 Å². The van der Waals surface area contributed by atoms with Gasteiger partial charge < -0.3 is 10.2 Å². The number of fused-ring (bicyclic) bond motifs is 4. The van der Waals surface area contributed by atoms with Crippen molar-refractivity contribution in [2.45, 2.75) is 31.6 Å². The highest BCUT2D eigenvalue weighted by molar-refractivity contribution is 5.92. The van der Waals surface area contributed by atoms with Crippen LogP contribution in [0, 0.1) is 17.8 Å². The van der Waals surface area contributed by atoms with Gasteiger partial charge in [0.1, 0.15) is 17.9 Å². The monoisotopic (exact) mass is 416 g/mol. The lowest BCUT2D eigenvalue weighted by molar-refractivity contribution is -0.133. The number of Topliss-reactive ketones (excluding diaryl/α,β-unsaturated/α-hetero) is 1. The van der Waals surface area contributed by atoms with E-state index in [4.69, 9.17) is 0 Å². The fraction of sp³-hybridized carbons (Fsp3) is 0.435. The SMILES string of the molecule is O=C(NCCC1CN(c2ncnc3[nH]ncc23)c2ccccc21)C1C[C@H]2CC(=O)[C@@H]1C2. The zero-order valence-electron chi connectivity index (χ0n) is 17.1. The summed E-state index contributed by atoms with van der Waals surface area (Å²) >= 11 is 0. The second-order valence-corrected chi connectivity index (χ2v) is 9.00. The summed E-state index contributed by atoms with van der Waals surface area (Å²) in [5.41, 5.74) is 3.12. The van der Waals surface area contributed by atoms with E-state index < -0.39 is 0 Å². The van der Waals surface area contributed by atoms with Gasteiger partial charge in [0.25, 0.3) is 0 Å². The fourth-order valence-electron chi connectivity index (χ4n) is 5.80. The van der Waals surface area contributed by atoms with Crippen molar-refractivity contribution in [1.82, 2.24) is 25.5 Å². The van der Waals surface area contributed by atoms with E-state index in [2.05, 4.69) is 48.6 Å². The van der Waals surface area contributed by atoms with Crippen molar-refractivity contribution in [2.24, 2.45) is 17.8 Å². The van der Waals surface area contributed by atoms with E-state index in [1.54, 1.807) is 12.5 Å². The molecule has 1 aromatic carbocycles. The Morgan fingerprint density at radius 2 is 2.13 bits per heavy atom. The lowest BCUT2D eigenvalue weighted by Crippen LogP contribution is -2.37. The van der Waals surface area contributed by atoms with Crippen molar-refractivity contribution >= 4 is 34.2 Å². The maximum absolute atomic E-state index is 12.7. The fourth-order valence-corrected chi connectivity index (χ4v) is 5.80. The summed E-state index contributed by atoms with van der Waals surface area (Å²) in [6, 6.07) is 8.37. The first kappa shape index (κ1) is 18.5. The van der Waals surface area contributed by atoms with Crippen LogP contribution >= 0.6 is 0 Å². The number of benzene rings is 1. The zero-order chi connectivity index (χ0) is 20.9. The second-order valence-electron chi connectivity index (χ2n) is 9.00. The van der Waals surface area contributed by atoms with Crippen molar-refractivity contribution in [3.8, 4) is 0 Å². The molecule has 0 radical (unpaired) electrons. The summed E-state index contributed by atoms with van der Waals surface area (Å²) in [6.45, 7) is 1.40. The zero-order valence-corrected chi connectivity index (χ0v) is 17.1. The average Bonchev–Trinajstić information content (AvgIpc) is 3.56. The number of anilines is 2. The standard InChI is InChI=1S/C23H24N6O2/c30-20-9-13-7-16(20)17(8-13)23(31)24-6-5-14-11-29(19-4-2-1-3-15(14)19)22-18-10-27-28-21(18)25-12-26-22/h1-4,10,12-14,16-17H,5-9,11H2,(H,24,31)(H,25,26,27,28)/t13-,14?,16+,17?/m0/s1. The summed E-state index contributed by atoms with van der Waals surface area (Å²) in [6.07, 6.45) is 6.61. The van der Waals surface area contributed by atoms with Crippen LogP contribution in [0.25, 0.3) is 11.0 Å². The molecular formula is C23H24N6O2. The van der Waals surface area contributed by atoms with Crippen molar-refractivity contribution in [1.29, 1.82) is 0 Å². The highest BCUT2D eigenvalue weighted by Crippen LogP contribution is 2.46. The van der Waals surface area contributed by atoms with Crippen LogP contribution in [0.5, 0.6) is 0 Å². The highest BCUT2D eigenvalue weighted by Gasteiger charge is 2.48. The Hall–Kier alpha value is -3.29. The summed E-state index contributed by atoms with van der Waals surface area (Å²) in [5.74, 6) is 1.74. The topological polar surface area (TPSA) is 104 Å². The number of H-pyrrole nitrogens is 1. The molecule has 31 heavy (non-hydrogen) atoms. The van der Waals surface area contributed by atoms with Crippen LogP contribution in [-0.2, 0) is 9.59 Å². The van der Waals surface area contributed by atoms with E-state index in [0.717, 1.165) is 48.3 Å². The molecule has 3 aromatic rings. The van der Waals surface area contributed by atoms with Gasteiger partial charge in [-0.25, -0.2) is 9.97 Å². The normalized spacial score (nSPS) is 26.6. The van der Waals surface area contributed by atoms with Crippen molar-refractivity contribution in [3.63, 3.8) is 0 Å². The Labute approximate surface area is 179 Å². The maximum atomic E-state index is 12.7. The number of carbonyl (C=O) groups is 2. The number of carbonyl (C=O) groups excluding carboxylic acids is 2. The van der Waals surface area contributed by atoms with Crippen LogP contribution in [0.2, 0.25) is 0 Å². The molecule has 2 saturated carbocycles. The summed E-state index contributed by atoms with van der Waals surface area (Å²) in [4.78, 5) is 35.7. The molecule has 2 fully saturated rings. The van der Waals surface area contributed by atoms with Gasteiger partial charge in [0.05, 0.1) is 11.6 Å². The Balaban J connectivity index is 1.17. The molecule has 1 aliphatic heterocycles. The highest BCUT2D eigenvalue weighted by atomic mass is 16.2. The van der Waals surface area contributed by atoms with Crippen molar-refractivity contribution in [3.05, 3.63) is 42.4 Å². The first-order valence-corrected chi connectivity index (χ1v) is 11.0. The number of amides is 1. The molecule has 3 heterocycles. The number of ketones is 1. The number of aromatic nitrogens is 4. The van der Waals surface area contributed by atoms with E-state index >= 15 is 0 Å². The Morgan fingerprint density at radius 3 is 3.00 bits per heavy atom. The first-order chi connectivity index (χ1) is 15.2. The molecule has 2 aromatic heterocycles. The van der Waals surface area contributed by atoms with E-state index in [1.165, 1.54) is 5.56 Å². The molecule has 0 spiro atoms. The third-order valence-electron chi connectivity index (χ3n) is 7.25. The molecule has 1 amide bonds. The van der Waals surface area contributed by atoms with Crippen molar-refractivity contribution in [2.75, 3.05) is 18.0 Å². The number of nitrogens with zero attached hydrogens (tertiary/aromatic N) is 4. The predicted octanol–water partition coefficient (Wildman–Crippen LogP) is 2.71. The molecule has 8 nitrogen and oxygen atoms in total. The van der Waals surface area contributed by atoms with Crippen LogP contribution in [0.4, 0.5) is 11.5 Å². The first-order valence-electron chi connectivity index (χ1n) is 11.0. The third-order valence-corrected chi connectivity index (χ3v) is 7.25. The van der Waals surface area contributed by atoms with E-state index in [-0.39, 0.29) is 29.4 Å². The van der Waals surface area contributed by atoms with Gasteiger partial charge in [-0.05, 0) is 36.8 Å². The van der Waals surface area contributed by atoms with Gasteiger partial charge in [0.15, 0.2) is 5.65 Å². The molecule has 8 heteroatoms. The minimum absolute atomic E-state index is 0.0390. The number of nitrogens with one attached hydrogen (secondary N) is 2. The van der Waals surface area contributed by atoms with E-state index in [0.29, 0.717) is 18.9 Å². The van der Waals surface area contributed by atoms with Gasteiger partial charge >= 0.3 is 0 Å². The number of aromatic amines is 1. The predicted molar refractivity (Wildman–Crippen MR) is 115 cm³/mol. The van der Waals surface area contributed by atoms with Crippen LogP contribution in [0.1, 0.15) is 37.2 Å². The largest absolute Gasteiger partial charge is 0.356 e. The average molecular weight is 416 g/mol. The summed E-state index contributed by atoms with van der Waals surface area (Å²) in [5, 5.41) is 11.0. The molecule has 2 bridgehead atoms. The van der Waals surface area contributed by atoms with Gasteiger partial charge in [-0.1, -0.05) is 18.2 Å². The van der Waals surface area contributed by atoms with Gasteiger partial charge in [-0.3, -0.25) is 14.7 Å². The van der Waals surface area contributed by atoms with Gasteiger partial charge in [-0.15, -0.1) is 0 Å².